The van der Waals surface area contributed by atoms with Gasteiger partial charge < -0.3 is 11.1 Å². The van der Waals surface area contributed by atoms with Gasteiger partial charge in [-0.05, 0) is 43.5 Å². The van der Waals surface area contributed by atoms with Crippen molar-refractivity contribution in [2.45, 2.75) is 44.7 Å². The van der Waals surface area contributed by atoms with Crippen molar-refractivity contribution in [2.75, 3.05) is 0 Å². The SMILES string of the molecule is Cc1cc(C(=O)N[C@@H]2CCCC[C@H]2N)ccc1F. The van der Waals surface area contributed by atoms with E-state index in [1.165, 1.54) is 12.1 Å². The Morgan fingerprint density at radius 1 is 1.39 bits per heavy atom. The van der Waals surface area contributed by atoms with Gasteiger partial charge in [0, 0.05) is 17.6 Å². The Bertz CT molecular complexity index is 447. The van der Waals surface area contributed by atoms with Crippen molar-refractivity contribution >= 4 is 5.91 Å². The smallest absolute Gasteiger partial charge is 0.251 e. The molecule has 4 heteroatoms. The molecule has 0 unspecified atom stereocenters. The van der Waals surface area contributed by atoms with Gasteiger partial charge in [-0.15, -0.1) is 0 Å². The van der Waals surface area contributed by atoms with Gasteiger partial charge in [0.25, 0.3) is 5.91 Å². The van der Waals surface area contributed by atoms with Gasteiger partial charge >= 0.3 is 0 Å². The second kappa shape index (κ2) is 5.48. The first-order valence-corrected chi connectivity index (χ1v) is 6.40. The van der Waals surface area contributed by atoms with E-state index in [1.54, 1.807) is 13.0 Å². The van der Waals surface area contributed by atoms with E-state index < -0.39 is 0 Å². The van der Waals surface area contributed by atoms with Crippen molar-refractivity contribution in [3.63, 3.8) is 0 Å². The molecule has 1 aliphatic carbocycles. The Morgan fingerprint density at radius 2 is 2.11 bits per heavy atom. The number of carbonyl (C=O) groups excluding carboxylic acids is 1. The summed E-state index contributed by atoms with van der Waals surface area (Å²) in [6, 6.07) is 4.47. The largest absolute Gasteiger partial charge is 0.348 e. The van der Waals surface area contributed by atoms with Crippen molar-refractivity contribution in [2.24, 2.45) is 5.73 Å². The molecule has 2 rings (SSSR count). The Balaban J connectivity index is 2.04. The normalized spacial score (nSPS) is 23.7. The van der Waals surface area contributed by atoms with E-state index >= 15 is 0 Å². The third-order valence-corrected chi connectivity index (χ3v) is 3.56. The van der Waals surface area contributed by atoms with E-state index in [-0.39, 0.29) is 23.8 Å². The van der Waals surface area contributed by atoms with Crippen LogP contribution < -0.4 is 11.1 Å². The molecule has 1 aliphatic rings. The van der Waals surface area contributed by atoms with Crippen molar-refractivity contribution in [1.29, 1.82) is 0 Å². The summed E-state index contributed by atoms with van der Waals surface area (Å²) in [5.74, 6) is -0.457. The monoisotopic (exact) mass is 250 g/mol. The van der Waals surface area contributed by atoms with E-state index in [0.29, 0.717) is 11.1 Å². The van der Waals surface area contributed by atoms with E-state index in [2.05, 4.69) is 5.32 Å². The minimum absolute atomic E-state index is 0.0317. The van der Waals surface area contributed by atoms with Crippen LogP contribution in [0.2, 0.25) is 0 Å². The van der Waals surface area contributed by atoms with Crippen LogP contribution in [0.3, 0.4) is 0 Å². The quantitative estimate of drug-likeness (QED) is 0.845. The predicted molar refractivity (Wildman–Crippen MR) is 68.8 cm³/mol. The van der Waals surface area contributed by atoms with Crippen LogP contribution >= 0.6 is 0 Å². The summed E-state index contributed by atoms with van der Waals surface area (Å²) in [4.78, 5) is 12.0. The van der Waals surface area contributed by atoms with Crippen molar-refractivity contribution in [1.82, 2.24) is 5.32 Å². The fraction of sp³-hybridized carbons (Fsp3) is 0.500. The Hall–Kier alpha value is -1.42. The molecule has 0 aromatic heterocycles. The summed E-state index contributed by atoms with van der Waals surface area (Å²) in [6.45, 7) is 1.65. The number of halogens is 1. The summed E-state index contributed by atoms with van der Waals surface area (Å²) in [5, 5.41) is 2.95. The number of nitrogens with one attached hydrogen (secondary N) is 1. The molecule has 3 nitrogen and oxygen atoms in total. The van der Waals surface area contributed by atoms with Crippen LogP contribution in [0, 0.1) is 12.7 Å². The highest BCUT2D eigenvalue weighted by molar-refractivity contribution is 5.94. The molecule has 0 bridgehead atoms. The highest BCUT2D eigenvalue weighted by Crippen LogP contribution is 2.17. The van der Waals surface area contributed by atoms with Gasteiger partial charge in [0.15, 0.2) is 0 Å². The maximum absolute atomic E-state index is 13.1. The van der Waals surface area contributed by atoms with E-state index in [9.17, 15) is 9.18 Å². The molecule has 2 atom stereocenters. The molecule has 1 aromatic rings. The molecule has 1 fully saturated rings. The third kappa shape index (κ3) is 2.88. The molecule has 3 N–H and O–H groups in total. The lowest BCUT2D eigenvalue weighted by atomic mass is 9.91. The first-order chi connectivity index (χ1) is 8.58. The average molecular weight is 250 g/mol. The number of hydrogen-bond donors (Lipinski definition) is 2. The fourth-order valence-electron chi connectivity index (χ4n) is 2.38. The van der Waals surface area contributed by atoms with Crippen LogP contribution in [0.4, 0.5) is 4.39 Å². The zero-order valence-corrected chi connectivity index (χ0v) is 10.6. The molecular formula is C14H19FN2O. The second-order valence-corrected chi connectivity index (χ2v) is 4.99. The molecule has 1 aromatic carbocycles. The molecule has 0 aliphatic heterocycles. The molecule has 0 heterocycles. The van der Waals surface area contributed by atoms with Gasteiger partial charge in [0.2, 0.25) is 0 Å². The standard InChI is InChI=1S/C14H19FN2O/c1-9-8-10(6-7-11(9)15)14(18)17-13-5-3-2-4-12(13)16/h6-8,12-13H,2-5,16H2,1H3,(H,17,18)/t12-,13-/m1/s1. The lowest BCUT2D eigenvalue weighted by molar-refractivity contribution is 0.0921. The summed E-state index contributed by atoms with van der Waals surface area (Å²) < 4.78 is 13.1. The summed E-state index contributed by atoms with van der Waals surface area (Å²) in [7, 11) is 0. The van der Waals surface area contributed by atoms with Crippen LogP contribution in [0.5, 0.6) is 0 Å². The van der Waals surface area contributed by atoms with E-state index in [0.717, 1.165) is 25.7 Å². The molecular weight excluding hydrogens is 231 g/mol. The first kappa shape index (κ1) is 13.0. The third-order valence-electron chi connectivity index (χ3n) is 3.56. The maximum atomic E-state index is 13.1. The van der Waals surface area contributed by atoms with Crippen LogP contribution in [-0.2, 0) is 0 Å². The van der Waals surface area contributed by atoms with Crippen LogP contribution in [0.15, 0.2) is 18.2 Å². The highest BCUT2D eigenvalue weighted by Gasteiger charge is 2.23. The predicted octanol–water partition coefficient (Wildman–Crippen LogP) is 2.13. The summed E-state index contributed by atoms with van der Waals surface area (Å²) in [6.07, 6.45) is 4.10. The Morgan fingerprint density at radius 3 is 2.78 bits per heavy atom. The molecule has 1 amide bonds. The van der Waals surface area contributed by atoms with E-state index in [4.69, 9.17) is 5.73 Å². The van der Waals surface area contributed by atoms with Crippen LogP contribution in [-0.4, -0.2) is 18.0 Å². The number of hydrogen-bond acceptors (Lipinski definition) is 2. The number of nitrogens with two attached hydrogens (primary N) is 1. The molecule has 98 valence electrons. The molecule has 0 spiro atoms. The van der Waals surface area contributed by atoms with E-state index in [1.807, 2.05) is 0 Å². The number of rotatable bonds is 2. The molecule has 0 saturated heterocycles. The summed E-state index contributed by atoms with van der Waals surface area (Å²) >= 11 is 0. The first-order valence-electron chi connectivity index (χ1n) is 6.40. The highest BCUT2D eigenvalue weighted by atomic mass is 19.1. The Labute approximate surface area is 107 Å². The number of carbonyl (C=O) groups is 1. The zero-order chi connectivity index (χ0) is 13.1. The minimum atomic E-state index is -0.291. The lowest BCUT2D eigenvalue weighted by Gasteiger charge is -2.29. The average Bonchev–Trinajstić information content (AvgIpc) is 2.35. The number of aryl methyl sites for hydroxylation is 1. The van der Waals surface area contributed by atoms with Gasteiger partial charge in [0.1, 0.15) is 5.82 Å². The van der Waals surface area contributed by atoms with Crippen molar-refractivity contribution in [3.8, 4) is 0 Å². The van der Waals surface area contributed by atoms with Crippen molar-refractivity contribution < 1.29 is 9.18 Å². The van der Waals surface area contributed by atoms with Gasteiger partial charge in [-0.3, -0.25) is 4.79 Å². The van der Waals surface area contributed by atoms with Gasteiger partial charge in [-0.1, -0.05) is 12.8 Å². The van der Waals surface area contributed by atoms with Crippen LogP contribution in [0.1, 0.15) is 41.6 Å². The van der Waals surface area contributed by atoms with Gasteiger partial charge in [0.05, 0.1) is 0 Å². The van der Waals surface area contributed by atoms with Crippen molar-refractivity contribution in [3.05, 3.63) is 35.1 Å². The fourth-order valence-corrected chi connectivity index (χ4v) is 2.38. The number of benzene rings is 1. The molecule has 18 heavy (non-hydrogen) atoms. The minimum Gasteiger partial charge on any atom is -0.348 e. The lowest BCUT2D eigenvalue weighted by Crippen LogP contribution is -2.49. The van der Waals surface area contributed by atoms with Gasteiger partial charge in [-0.25, -0.2) is 4.39 Å². The molecule has 1 saturated carbocycles. The number of amides is 1. The van der Waals surface area contributed by atoms with Crippen LogP contribution in [0.25, 0.3) is 0 Å². The van der Waals surface area contributed by atoms with Gasteiger partial charge in [-0.2, -0.15) is 0 Å². The Kier molecular flexibility index (Phi) is 3.97. The summed E-state index contributed by atoms with van der Waals surface area (Å²) in [5.41, 5.74) is 6.96. The maximum Gasteiger partial charge on any atom is 0.251 e. The second-order valence-electron chi connectivity index (χ2n) is 4.99. The molecule has 0 radical (unpaired) electrons. The zero-order valence-electron chi connectivity index (χ0n) is 10.6. The topological polar surface area (TPSA) is 55.1 Å².